The standard InChI is InChI=1S/C26H27F3O4S/c1-18-15-23(22(31-2)16-21(18)33-17-24(30)32-3)34-14-13-25(26(27,28)29)11-9-20(10-12-25)19-7-5-4-6-8-19/h4-11,15-16H,12-14,17H2,1-3H3. The van der Waals surface area contributed by atoms with Gasteiger partial charge in [0, 0.05) is 11.0 Å². The lowest BCUT2D eigenvalue weighted by molar-refractivity contribution is -0.205. The van der Waals surface area contributed by atoms with Gasteiger partial charge in [-0.05, 0) is 48.3 Å². The van der Waals surface area contributed by atoms with Gasteiger partial charge in [0.2, 0.25) is 0 Å². The van der Waals surface area contributed by atoms with Crippen LogP contribution in [-0.4, -0.2) is 38.7 Å². The molecule has 1 aliphatic carbocycles. The summed E-state index contributed by atoms with van der Waals surface area (Å²) in [5.41, 5.74) is 0.529. The van der Waals surface area contributed by atoms with Crippen LogP contribution in [0.25, 0.3) is 5.57 Å². The Balaban J connectivity index is 1.71. The zero-order valence-corrected chi connectivity index (χ0v) is 20.1. The van der Waals surface area contributed by atoms with E-state index in [4.69, 9.17) is 9.47 Å². The first-order valence-electron chi connectivity index (χ1n) is 10.7. The van der Waals surface area contributed by atoms with Gasteiger partial charge in [-0.25, -0.2) is 4.79 Å². The lowest BCUT2D eigenvalue weighted by Crippen LogP contribution is -2.37. The van der Waals surface area contributed by atoms with E-state index < -0.39 is 17.6 Å². The average Bonchev–Trinajstić information content (AvgIpc) is 2.83. The molecule has 1 unspecified atom stereocenters. The van der Waals surface area contributed by atoms with Crippen molar-refractivity contribution in [3.63, 3.8) is 0 Å². The predicted molar refractivity (Wildman–Crippen MR) is 127 cm³/mol. The second kappa shape index (κ2) is 11.0. The molecule has 4 nitrogen and oxygen atoms in total. The molecule has 0 fully saturated rings. The van der Waals surface area contributed by atoms with Crippen molar-refractivity contribution in [3.05, 3.63) is 71.8 Å². The van der Waals surface area contributed by atoms with Gasteiger partial charge < -0.3 is 14.2 Å². The molecule has 0 saturated carbocycles. The lowest BCUT2D eigenvalue weighted by atomic mass is 9.76. The fraction of sp³-hybridized carbons (Fsp3) is 0.346. The normalized spacial score (nSPS) is 17.8. The SMILES string of the molecule is COC(=O)COc1cc(OC)c(SCCC2(C(F)(F)F)C=CC(c3ccccc3)=CC2)cc1C. The molecule has 0 spiro atoms. The van der Waals surface area contributed by atoms with Crippen molar-refractivity contribution < 1.29 is 32.2 Å². The van der Waals surface area contributed by atoms with Gasteiger partial charge >= 0.3 is 12.1 Å². The molecule has 2 aromatic carbocycles. The third-order valence-electron chi connectivity index (χ3n) is 5.78. The number of methoxy groups -OCH3 is 2. The smallest absolute Gasteiger partial charge is 0.398 e. The Morgan fingerprint density at radius 1 is 1.12 bits per heavy atom. The summed E-state index contributed by atoms with van der Waals surface area (Å²) in [4.78, 5) is 12.0. The number of allylic oxidation sites excluding steroid dienone is 4. The molecule has 0 amide bonds. The highest BCUT2D eigenvalue weighted by Crippen LogP contribution is 2.50. The van der Waals surface area contributed by atoms with Crippen molar-refractivity contribution in [2.75, 3.05) is 26.6 Å². The summed E-state index contributed by atoms with van der Waals surface area (Å²) in [5, 5.41) is 0. The van der Waals surface area contributed by atoms with Gasteiger partial charge in [-0.1, -0.05) is 48.6 Å². The van der Waals surface area contributed by atoms with Gasteiger partial charge in [-0.3, -0.25) is 0 Å². The maximum atomic E-state index is 14.1. The molecule has 0 aliphatic heterocycles. The Morgan fingerprint density at radius 3 is 2.44 bits per heavy atom. The highest BCUT2D eigenvalue weighted by Gasteiger charge is 2.52. The van der Waals surface area contributed by atoms with Crippen LogP contribution in [0.2, 0.25) is 0 Å². The van der Waals surface area contributed by atoms with E-state index in [0.717, 1.165) is 16.7 Å². The Hall–Kier alpha value is -2.87. The highest BCUT2D eigenvalue weighted by molar-refractivity contribution is 7.99. The third-order valence-corrected chi connectivity index (χ3v) is 6.82. The van der Waals surface area contributed by atoms with Gasteiger partial charge in [0.25, 0.3) is 0 Å². The van der Waals surface area contributed by atoms with Crippen LogP contribution in [-0.2, 0) is 9.53 Å². The van der Waals surface area contributed by atoms with Crippen LogP contribution in [0.5, 0.6) is 11.5 Å². The number of halogens is 3. The van der Waals surface area contributed by atoms with Gasteiger partial charge in [-0.15, -0.1) is 11.8 Å². The second-order valence-corrected chi connectivity index (χ2v) is 9.09. The molecular weight excluding hydrogens is 465 g/mol. The molecule has 2 aromatic rings. The monoisotopic (exact) mass is 492 g/mol. The van der Waals surface area contributed by atoms with Gasteiger partial charge in [0.1, 0.15) is 11.5 Å². The number of carbonyl (C=O) groups excluding carboxylic acids is 1. The average molecular weight is 493 g/mol. The molecule has 0 N–H and O–H groups in total. The van der Waals surface area contributed by atoms with Gasteiger partial charge in [-0.2, -0.15) is 13.2 Å². The number of hydrogen-bond donors (Lipinski definition) is 0. The maximum Gasteiger partial charge on any atom is 0.398 e. The Morgan fingerprint density at radius 2 is 1.85 bits per heavy atom. The van der Waals surface area contributed by atoms with Gasteiger partial charge in [0.15, 0.2) is 6.61 Å². The van der Waals surface area contributed by atoms with Crippen molar-refractivity contribution in [2.24, 2.45) is 5.41 Å². The molecule has 0 saturated heterocycles. The molecule has 3 rings (SSSR count). The molecule has 1 aliphatic rings. The first kappa shape index (κ1) is 25.7. The van der Waals surface area contributed by atoms with Gasteiger partial charge in [0.05, 0.1) is 19.6 Å². The highest BCUT2D eigenvalue weighted by atomic mass is 32.2. The topological polar surface area (TPSA) is 44.8 Å². The van der Waals surface area contributed by atoms with Crippen LogP contribution in [0, 0.1) is 12.3 Å². The summed E-state index contributed by atoms with van der Waals surface area (Å²) in [5.74, 6) is 0.657. The molecule has 8 heteroatoms. The number of carbonyl (C=O) groups is 1. The molecule has 0 aromatic heterocycles. The minimum absolute atomic E-state index is 0.0704. The lowest BCUT2D eigenvalue weighted by Gasteiger charge is -2.34. The number of ether oxygens (including phenoxy) is 3. The summed E-state index contributed by atoms with van der Waals surface area (Å²) in [7, 11) is 2.75. The first-order chi connectivity index (χ1) is 16.2. The van der Waals surface area contributed by atoms with Crippen LogP contribution >= 0.6 is 11.8 Å². The molecule has 1 atom stereocenters. The van der Waals surface area contributed by atoms with Crippen LogP contribution < -0.4 is 9.47 Å². The largest absolute Gasteiger partial charge is 0.495 e. The van der Waals surface area contributed by atoms with Crippen molar-refractivity contribution >= 4 is 23.3 Å². The quantitative estimate of drug-likeness (QED) is 0.290. The molecule has 0 bridgehead atoms. The van der Waals surface area contributed by atoms with E-state index in [2.05, 4.69) is 4.74 Å². The van der Waals surface area contributed by atoms with E-state index in [1.54, 1.807) is 31.2 Å². The number of esters is 1. The summed E-state index contributed by atoms with van der Waals surface area (Å²) in [6.07, 6.45) is 0.0185. The number of benzene rings is 2. The van der Waals surface area contributed by atoms with E-state index in [1.165, 1.54) is 32.1 Å². The zero-order chi connectivity index (χ0) is 24.8. The van der Waals surface area contributed by atoms with E-state index in [-0.39, 0.29) is 25.2 Å². The van der Waals surface area contributed by atoms with E-state index in [9.17, 15) is 18.0 Å². The van der Waals surface area contributed by atoms with Crippen molar-refractivity contribution in [2.45, 2.75) is 30.8 Å². The fourth-order valence-electron chi connectivity index (χ4n) is 3.67. The Kier molecular flexibility index (Phi) is 8.36. The summed E-state index contributed by atoms with van der Waals surface area (Å²) in [6.45, 7) is 1.55. The molecular formula is C26H27F3O4S. The summed E-state index contributed by atoms with van der Waals surface area (Å²) < 4.78 is 57.8. The predicted octanol–water partition coefficient (Wildman–Crippen LogP) is 6.63. The number of rotatable bonds is 9. The Labute approximate surface area is 201 Å². The van der Waals surface area contributed by atoms with Crippen molar-refractivity contribution in [3.8, 4) is 11.5 Å². The molecule has 0 radical (unpaired) electrons. The number of thioether (sulfide) groups is 1. The van der Waals surface area contributed by atoms with Crippen LogP contribution in [0.4, 0.5) is 13.2 Å². The van der Waals surface area contributed by atoms with E-state index in [0.29, 0.717) is 16.4 Å². The number of aryl methyl sites for hydroxylation is 1. The Bertz CT molecular complexity index is 1060. The van der Waals surface area contributed by atoms with Crippen molar-refractivity contribution in [1.29, 1.82) is 0 Å². The van der Waals surface area contributed by atoms with E-state index >= 15 is 0 Å². The third kappa shape index (κ3) is 5.97. The minimum atomic E-state index is -4.37. The molecule has 182 valence electrons. The first-order valence-corrected chi connectivity index (χ1v) is 11.7. The van der Waals surface area contributed by atoms with E-state index in [1.807, 2.05) is 30.3 Å². The maximum absolute atomic E-state index is 14.1. The van der Waals surface area contributed by atoms with Crippen LogP contribution in [0.3, 0.4) is 0 Å². The summed E-state index contributed by atoms with van der Waals surface area (Å²) >= 11 is 1.30. The number of hydrogen-bond acceptors (Lipinski definition) is 5. The van der Waals surface area contributed by atoms with Crippen LogP contribution in [0.15, 0.2) is 65.6 Å². The number of alkyl halides is 3. The minimum Gasteiger partial charge on any atom is -0.495 e. The molecule has 34 heavy (non-hydrogen) atoms. The fourth-order valence-corrected chi connectivity index (χ4v) is 4.90. The summed E-state index contributed by atoms with van der Waals surface area (Å²) in [6, 6.07) is 12.8. The second-order valence-electron chi connectivity index (χ2n) is 7.95. The van der Waals surface area contributed by atoms with Crippen LogP contribution in [0.1, 0.15) is 24.0 Å². The molecule has 0 heterocycles. The zero-order valence-electron chi connectivity index (χ0n) is 19.3. The van der Waals surface area contributed by atoms with Crippen molar-refractivity contribution in [1.82, 2.24) is 0 Å².